The van der Waals surface area contributed by atoms with Gasteiger partial charge in [-0.2, -0.15) is 0 Å². The summed E-state index contributed by atoms with van der Waals surface area (Å²) in [6.07, 6.45) is 2.69. The van der Waals surface area contributed by atoms with Gasteiger partial charge in [0.1, 0.15) is 5.82 Å². The van der Waals surface area contributed by atoms with E-state index in [9.17, 15) is 12.8 Å². The Kier molecular flexibility index (Phi) is 4.35. The van der Waals surface area contributed by atoms with Crippen LogP contribution < -0.4 is 0 Å². The van der Waals surface area contributed by atoms with E-state index in [-0.39, 0.29) is 16.6 Å². The molecule has 142 valence electrons. The summed E-state index contributed by atoms with van der Waals surface area (Å²) < 4.78 is 41.7. The van der Waals surface area contributed by atoms with Gasteiger partial charge in [-0.3, -0.25) is 0 Å². The van der Waals surface area contributed by atoms with Crippen LogP contribution in [0.1, 0.15) is 23.5 Å². The summed E-state index contributed by atoms with van der Waals surface area (Å²) in [6, 6.07) is 11.1. The lowest BCUT2D eigenvalue weighted by Gasteiger charge is -2.08. The number of aryl methyl sites for hydroxylation is 1. The van der Waals surface area contributed by atoms with E-state index in [2.05, 4.69) is 4.90 Å². The molecule has 0 saturated heterocycles. The second kappa shape index (κ2) is 6.46. The predicted octanol–water partition coefficient (Wildman–Crippen LogP) is 3.99. The van der Waals surface area contributed by atoms with Crippen LogP contribution in [0.4, 0.5) is 4.39 Å². The molecular formula is C21H23FN2O2S. The van der Waals surface area contributed by atoms with Crippen molar-refractivity contribution in [3.05, 3.63) is 65.6 Å². The second-order valence-electron chi connectivity index (χ2n) is 7.72. The van der Waals surface area contributed by atoms with Crippen LogP contribution in [0, 0.1) is 18.7 Å². The van der Waals surface area contributed by atoms with Gasteiger partial charge in [-0.05, 0) is 75.2 Å². The Morgan fingerprint density at radius 3 is 2.52 bits per heavy atom. The molecule has 0 spiro atoms. The second-order valence-corrected chi connectivity index (χ2v) is 9.54. The number of hydrogen-bond donors (Lipinski definition) is 0. The fraction of sp³-hybridized carbons (Fsp3) is 0.333. The molecule has 6 heteroatoms. The number of aromatic nitrogens is 1. The summed E-state index contributed by atoms with van der Waals surface area (Å²) in [4.78, 5) is 2.37. The molecule has 0 N–H and O–H groups in total. The number of rotatable bonds is 5. The van der Waals surface area contributed by atoms with Gasteiger partial charge in [0.05, 0.1) is 10.4 Å². The van der Waals surface area contributed by atoms with Gasteiger partial charge in [0.15, 0.2) is 0 Å². The third-order valence-corrected chi connectivity index (χ3v) is 6.95. The van der Waals surface area contributed by atoms with Crippen LogP contribution in [0.5, 0.6) is 0 Å². The van der Waals surface area contributed by atoms with Crippen LogP contribution >= 0.6 is 0 Å². The van der Waals surface area contributed by atoms with Crippen molar-refractivity contribution >= 4 is 20.9 Å². The molecule has 0 aliphatic heterocycles. The minimum atomic E-state index is -3.74. The zero-order valence-electron chi connectivity index (χ0n) is 15.7. The Labute approximate surface area is 159 Å². The highest BCUT2D eigenvalue weighted by Gasteiger charge is 2.40. The largest absolute Gasteiger partial charge is 0.309 e. The van der Waals surface area contributed by atoms with Crippen LogP contribution in [0.15, 0.2) is 53.6 Å². The topological polar surface area (TPSA) is 42.3 Å². The van der Waals surface area contributed by atoms with Crippen molar-refractivity contribution < 1.29 is 12.8 Å². The van der Waals surface area contributed by atoms with E-state index in [1.807, 2.05) is 21.0 Å². The van der Waals surface area contributed by atoms with E-state index >= 15 is 0 Å². The van der Waals surface area contributed by atoms with Gasteiger partial charge in [-0.25, -0.2) is 16.8 Å². The van der Waals surface area contributed by atoms with E-state index in [0.29, 0.717) is 16.8 Å². The van der Waals surface area contributed by atoms with Crippen LogP contribution in [-0.4, -0.2) is 37.9 Å². The van der Waals surface area contributed by atoms with E-state index < -0.39 is 10.0 Å². The van der Waals surface area contributed by atoms with Crippen molar-refractivity contribution in [1.29, 1.82) is 0 Å². The highest BCUT2D eigenvalue weighted by Crippen LogP contribution is 2.50. The Bertz CT molecular complexity index is 1100. The van der Waals surface area contributed by atoms with Gasteiger partial charge in [0.2, 0.25) is 0 Å². The first kappa shape index (κ1) is 18.2. The number of halogens is 1. The molecule has 2 aromatic carbocycles. The molecule has 4 rings (SSSR count). The predicted molar refractivity (Wildman–Crippen MR) is 105 cm³/mol. The lowest BCUT2D eigenvalue weighted by Crippen LogP contribution is -2.15. The molecule has 1 aliphatic rings. The normalized spacial score (nSPS) is 19.7. The molecule has 0 bridgehead atoms. The van der Waals surface area contributed by atoms with Crippen molar-refractivity contribution in [3.8, 4) is 0 Å². The van der Waals surface area contributed by atoms with Crippen molar-refractivity contribution in [2.45, 2.75) is 24.2 Å². The quantitative estimate of drug-likeness (QED) is 0.666. The molecular weight excluding hydrogens is 363 g/mol. The third-order valence-electron chi connectivity index (χ3n) is 5.26. The van der Waals surface area contributed by atoms with E-state index in [0.717, 1.165) is 24.1 Å². The average molecular weight is 386 g/mol. The number of benzene rings is 2. The fourth-order valence-corrected chi connectivity index (χ4v) is 5.19. The standard InChI is InChI=1S/C21H23FN2O2S/c1-14-4-7-17(8-5-14)27(25,26)24-13-20(18-10-15(18)12-23(2)3)19-11-16(22)6-9-21(19)24/h4-9,11,13,15,18H,10,12H2,1-3H3/t15-,18+/m1/s1. The molecule has 0 unspecified atom stereocenters. The summed E-state index contributed by atoms with van der Waals surface area (Å²) in [6.45, 7) is 2.86. The molecule has 1 heterocycles. The maximum absolute atomic E-state index is 13.9. The van der Waals surface area contributed by atoms with Gasteiger partial charge >= 0.3 is 0 Å². The first-order chi connectivity index (χ1) is 12.8. The molecule has 2 atom stereocenters. The molecule has 4 nitrogen and oxygen atoms in total. The highest BCUT2D eigenvalue weighted by molar-refractivity contribution is 7.90. The minimum Gasteiger partial charge on any atom is -0.309 e. The number of fused-ring (bicyclic) bond motifs is 1. The monoisotopic (exact) mass is 386 g/mol. The minimum absolute atomic E-state index is 0.238. The Balaban J connectivity index is 1.83. The Morgan fingerprint density at radius 2 is 1.85 bits per heavy atom. The zero-order valence-corrected chi connectivity index (χ0v) is 16.5. The van der Waals surface area contributed by atoms with Crippen LogP contribution in [-0.2, 0) is 10.0 Å². The van der Waals surface area contributed by atoms with Gasteiger partial charge in [-0.1, -0.05) is 17.7 Å². The average Bonchev–Trinajstić information content (AvgIpc) is 3.24. The molecule has 1 saturated carbocycles. The molecule has 1 aromatic heterocycles. The van der Waals surface area contributed by atoms with Crippen LogP contribution in [0.25, 0.3) is 10.9 Å². The summed E-state index contributed by atoms with van der Waals surface area (Å²) in [5.41, 5.74) is 2.45. The molecule has 3 aromatic rings. The van der Waals surface area contributed by atoms with E-state index in [4.69, 9.17) is 0 Å². The van der Waals surface area contributed by atoms with Gasteiger partial charge in [0, 0.05) is 18.1 Å². The molecule has 1 aliphatic carbocycles. The van der Waals surface area contributed by atoms with Crippen molar-refractivity contribution in [1.82, 2.24) is 8.87 Å². The van der Waals surface area contributed by atoms with Gasteiger partial charge in [0.25, 0.3) is 10.0 Å². The summed E-state index contributed by atoms with van der Waals surface area (Å²) >= 11 is 0. The SMILES string of the molecule is Cc1ccc(S(=O)(=O)n2cc([C@H]3C[C@@H]3CN(C)C)c3cc(F)ccc32)cc1. The van der Waals surface area contributed by atoms with Crippen molar-refractivity contribution in [2.24, 2.45) is 5.92 Å². The molecule has 0 amide bonds. The first-order valence-corrected chi connectivity index (χ1v) is 10.5. The number of hydrogen-bond acceptors (Lipinski definition) is 3. The van der Waals surface area contributed by atoms with Crippen molar-refractivity contribution in [2.75, 3.05) is 20.6 Å². The Hall–Kier alpha value is -2.18. The van der Waals surface area contributed by atoms with Crippen LogP contribution in [0.3, 0.4) is 0 Å². The maximum atomic E-state index is 13.9. The van der Waals surface area contributed by atoms with Crippen LogP contribution in [0.2, 0.25) is 0 Å². The zero-order chi connectivity index (χ0) is 19.3. The lowest BCUT2D eigenvalue weighted by atomic mass is 10.1. The Morgan fingerprint density at radius 1 is 1.15 bits per heavy atom. The van der Waals surface area contributed by atoms with Gasteiger partial charge in [-0.15, -0.1) is 0 Å². The van der Waals surface area contributed by atoms with E-state index in [1.54, 1.807) is 36.5 Å². The van der Waals surface area contributed by atoms with E-state index in [1.165, 1.54) is 16.1 Å². The highest BCUT2D eigenvalue weighted by atomic mass is 32.2. The van der Waals surface area contributed by atoms with Crippen molar-refractivity contribution in [3.63, 3.8) is 0 Å². The molecule has 0 radical (unpaired) electrons. The molecule has 1 fully saturated rings. The lowest BCUT2D eigenvalue weighted by molar-refractivity contribution is 0.385. The van der Waals surface area contributed by atoms with Gasteiger partial charge < -0.3 is 4.90 Å². The summed E-state index contributed by atoms with van der Waals surface area (Å²) in [7, 11) is 0.319. The first-order valence-electron chi connectivity index (χ1n) is 9.05. The summed E-state index contributed by atoms with van der Waals surface area (Å²) in [5.74, 6) is 0.398. The smallest absolute Gasteiger partial charge is 0.268 e. The number of nitrogens with zero attached hydrogens (tertiary/aromatic N) is 2. The fourth-order valence-electron chi connectivity index (χ4n) is 3.81. The third kappa shape index (κ3) is 3.28. The maximum Gasteiger partial charge on any atom is 0.268 e. The molecule has 27 heavy (non-hydrogen) atoms. The summed E-state index contributed by atoms with van der Waals surface area (Å²) in [5, 5.41) is 0.692.